The van der Waals surface area contributed by atoms with Crippen LogP contribution in [0.5, 0.6) is 0 Å². The van der Waals surface area contributed by atoms with Crippen LogP contribution in [0.3, 0.4) is 0 Å². The standard InChI is InChI=1S/C19H31N5O2S.HI/c1-15(2)22-19(21-13-17-5-11-27(25,26)14-17)24-9-7-23(8-10-24)18-12-16(3)4-6-20-18;/h4,6,12,15,17H,5,7-11,13-14H2,1-3H3,(H,21,22);1H. The van der Waals surface area contributed by atoms with Crippen molar-refractivity contribution < 1.29 is 8.42 Å². The number of halogens is 1. The molecule has 2 fully saturated rings. The Morgan fingerprint density at radius 2 is 2.04 bits per heavy atom. The smallest absolute Gasteiger partial charge is 0.194 e. The third kappa shape index (κ3) is 6.47. The minimum atomic E-state index is -2.85. The molecule has 1 atom stereocenters. The number of nitrogens with zero attached hydrogens (tertiary/aromatic N) is 4. The van der Waals surface area contributed by atoms with Crippen LogP contribution in [0.2, 0.25) is 0 Å². The molecule has 0 aliphatic carbocycles. The molecule has 0 radical (unpaired) electrons. The lowest BCUT2D eigenvalue weighted by atomic mass is 10.1. The van der Waals surface area contributed by atoms with Crippen molar-refractivity contribution in [1.82, 2.24) is 15.2 Å². The molecule has 0 spiro atoms. The summed E-state index contributed by atoms with van der Waals surface area (Å²) in [6.45, 7) is 10.4. The number of pyridine rings is 1. The number of guanidine groups is 1. The molecule has 2 aliphatic heterocycles. The van der Waals surface area contributed by atoms with E-state index in [9.17, 15) is 8.42 Å². The molecule has 1 aromatic rings. The van der Waals surface area contributed by atoms with Gasteiger partial charge in [-0.1, -0.05) is 0 Å². The van der Waals surface area contributed by atoms with Crippen molar-refractivity contribution in [3.63, 3.8) is 0 Å². The lowest BCUT2D eigenvalue weighted by Crippen LogP contribution is -2.54. The Morgan fingerprint density at radius 3 is 2.61 bits per heavy atom. The number of anilines is 1. The van der Waals surface area contributed by atoms with Gasteiger partial charge in [0.2, 0.25) is 0 Å². The van der Waals surface area contributed by atoms with E-state index >= 15 is 0 Å². The van der Waals surface area contributed by atoms with Gasteiger partial charge in [0.1, 0.15) is 5.82 Å². The second-order valence-corrected chi connectivity index (χ2v) is 10.1. The SMILES string of the molecule is Cc1ccnc(N2CCN(C(=NCC3CCS(=O)(=O)C3)NC(C)C)CC2)c1.I. The molecule has 2 saturated heterocycles. The second kappa shape index (κ2) is 10.1. The van der Waals surface area contributed by atoms with E-state index in [1.54, 1.807) is 0 Å². The zero-order valence-corrected chi connectivity index (χ0v) is 20.1. The fourth-order valence-corrected chi connectivity index (χ4v) is 5.42. The van der Waals surface area contributed by atoms with Crippen molar-refractivity contribution in [3.8, 4) is 0 Å². The van der Waals surface area contributed by atoms with Crippen LogP contribution in [0, 0.1) is 12.8 Å². The Kier molecular flexibility index (Phi) is 8.35. The van der Waals surface area contributed by atoms with Gasteiger partial charge in [-0.15, -0.1) is 24.0 Å². The number of piperazine rings is 1. The Morgan fingerprint density at radius 1 is 1.32 bits per heavy atom. The predicted octanol–water partition coefficient (Wildman–Crippen LogP) is 1.92. The van der Waals surface area contributed by atoms with E-state index in [0.717, 1.165) is 44.4 Å². The lowest BCUT2D eigenvalue weighted by molar-refractivity contribution is 0.366. The number of sulfone groups is 1. The molecule has 7 nitrogen and oxygen atoms in total. The van der Waals surface area contributed by atoms with Gasteiger partial charge in [0.25, 0.3) is 0 Å². The average molecular weight is 521 g/mol. The molecule has 0 amide bonds. The van der Waals surface area contributed by atoms with Crippen LogP contribution in [-0.4, -0.2) is 74.5 Å². The van der Waals surface area contributed by atoms with Crippen LogP contribution in [-0.2, 0) is 9.84 Å². The summed E-state index contributed by atoms with van der Waals surface area (Å²) in [6, 6.07) is 4.42. The molecule has 2 aliphatic rings. The predicted molar refractivity (Wildman–Crippen MR) is 126 cm³/mol. The average Bonchev–Trinajstić information content (AvgIpc) is 2.97. The fourth-order valence-electron chi connectivity index (χ4n) is 3.57. The van der Waals surface area contributed by atoms with Gasteiger partial charge >= 0.3 is 0 Å². The van der Waals surface area contributed by atoms with Gasteiger partial charge in [0, 0.05) is 45.0 Å². The number of hydrogen-bond donors (Lipinski definition) is 1. The van der Waals surface area contributed by atoms with Crippen molar-refractivity contribution in [3.05, 3.63) is 23.9 Å². The first-order chi connectivity index (χ1) is 12.8. The lowest BCUT2D eigenvalue weighted by Gasteiger charge is -2.37. The van der Waals surface area contributed by atoms with Gasteiger partial charge in [0.05, 0.1) is 11.5 Å². The van der Waals surface area contributed by atoms with E-state index < -0.39 is 9.84 Å². The van der Waals surface area contributed by atoms with E-state index in [0.29, 0.717) is 12.3 Å². The Hall–Kier alpha value is -1.10. The number of aryl methyl sites for hydroxylation is 1. The van der Waals surface area contributed by atoms with Crippen LogP contribution in [0.25, 0.3) is 0 Å². The number of rotatable bonds is 4. The normalized spacial score (nSPS) is 22.3. The first-order valence-corrected chi connectivity index (χ1v) is 11.6. The molecule has 1 unspecified atom stereocenters. The van der Waals surface area contributed by atoms with Crippen LogP contribution in [0.4, 0.5) is 5.82 Å². The molecule has 3 heterocycles. The third-order valence-electron chi connectivity index (χ3n) is 5.05. The van der Waals surface area contributed by atoms with E-state index in [1.165, 1.54) is 5.56 Å². The molecular formula is C19H32IN5O2S. The summed E-state index contributed by atoms with van der Waals surface area (Å²) < 4.78 is 23.3. The van der Waals surface area contributed by atoms with E-state index in [2.05, 4.69) is 46.9 Å². The highest BCUT2D eigenvalue weighted by Gasteiger charge is 2.28. The molecule has 1 aromatic heterocycles. The van der Waals surface area contributed by atoms with Gasteiger partial charge in [-0.2, -0.15) is 0 Å². The maximum atomic E-state index is 11.7. The summed E-state index contributed by atoms with van der Waals surface area (Å²) in [5, 5.41) is 3.45. The van der Waals surface area contributed by atoms with Crippen LogP contribution in [0.1, 0.15) is 25.8 Å². The summed E-state index contributed by atoms with van der Waals surface area (Å²) in [4.78, 5) is 13.8. The van der Waals surface area contributed by atoms with Gasteiger partial charge in [0.15, 0.2) is 15.8 Å². The zero-order chi connectivity index (χ0) is 19.4. The Balaban J connectivity index is 0.00000280. The Bertz CT molecular complexity index is 776. The quantitative estimate of drug-likeness (QED) is 0.371. The monoisotopic (exact) mass is 521 g/mol. The molecule has 0 aromatic carbocycles. The largest absolute Gasteiger partial charge is 0.354 e. The highest BCUT2D eigenvalue weighted by molar-refractivity contribution is 14.0. The number of nitrogens with one attached hydrogen (secondary N) is 1. The molecular weight excluding hydrogens is 489 g/mol. The summed E-state index contributed by atoms with van der Waals surface area (Å²) in [7, 11) is -2.85. The molecule has 0 bridgehead atoms. The third-order valence-corrected chi connectivity index (χ3v) is 6.88. The molecule has 28 heavy (non-hydrogen) atoms. The van der Waals surface area contributed by atoms with Crippen molar-refractivity contribution >= 4 is 45.6 Å². The minimum absolute atomic E-state index is 0. The molecule has 1 N–H and O–H groups in total. The van der Waals surface area contributed by atoms with Gasteiger partial charge in [-0.3, -0.25) is 4.99 Å². The fraction of sp³-hybridized carbons (Fsp3) is 0.684. The highest BCUT2D eigenvalue weighted by atomic mass is 127. The van der Waals surface area contributed by atoms with Gasteiger partial charge in [-0.05, 0) is 50.8 Å². The minimum Gasteiger partial charge on any atom is -0.354 e. The zero-order valence-electron chi connectivity index (χ0n) is 17.0. The first kappa shape index (κ1) is 23.2. The van der Waals surface area contributed by atoms with Crippen LogP contribution < -0.4 is 10.2 Å². The Labute approximate surface area is 185 Å². The molecule has 0 saturated carbocycles. The van der Waals surface area contributed by atoms with Crippen molar-refractivity contribution in [2.24, 2.45) is 10.9 Å². The van der Waals surface area contributed by atoms with Crippen molar-refractivity contribution in [2.75, 3.05) is 49.1 Å². The van der Waals surface area contributed by atoms with Crippen LogP contribution >= 0.6 is 24.0 Å². The highest BCUT2D eigenvalue weighted by Crippen LogP contribution is 2.19. The summed E-state index contributed by atoms with van der Waals surface area (Å²) >= 11 is 0. The number of hydrogen-bond acceptors (Lipinski definition) is 5. The molecule has 3 rings (SSSR count). The maximum absolute atomic E-state index is 11.7. The molecule has 9 heteroatoms. The number of aromatic nitrogens is 1. The van der Waals surface area contributed by atoms with E-state index in [4.69, 9.17) is 4.99 Å². The van der Waals surface area contributed by atoms with Crippen molar-refractivity contribution in [2.45, 2.75) is 33.2 Å². The summed E-state index contributed by atoms with van der Waals surface area (Å²) in [5.74, 6) is 2.66. The first-order valence-electron chi connectivity index (χ1n) is 9.76. The second-order valence-electron chi connectivity index (χ2n) is 7.90. The summed E-state index contributed by atoms with van der Waals surface area (Å²) in [6.07, 6.45) is 2.59. The van der Waals surface area contributed by atoms with E-state index in [1.807, 2.05) is 12.3 Å². The maximum Gasteiger partial charge on any atom is 0.194 e. The topological polar surface area (TPSA) is 77.9 Å². The van der Waals surface area contributed by atoms with Gasteiger partial charge < -0.3 is 15.1 Å². The van der Waals surface area contributed by atoms with Crippen molar-refractivity contribution in [1.29, 1.82) is 0 Å². The van der Waals surface area contributed by atoms with Crippen LogP contribution in [0.15, 0.2) is 23.3 Å². The number of aliphatic imine (C=N–C) groups is 1. The molecule has 158 valence electrons. The summed E-state index contributed by atoms with van der Waals surface area (Å²) in [5.41, 5.74) is 1.22. The van der Waals surface area contributed by atoms with E-state index in [-0.39, 0.29) is 41.7 Å². The van der Waals surface area contributed by atoms with Gasteiger partial charge in [-0.25, -0.2) is 13.4 Å².